The first-order valence-electron chi connectivity index (χ1n) is 8.28. The number of rotatable bonds is 1. The number of hydrogen-bond donors (Lipinski definition) is 1. The van der Waals surface area contributed by atoms with E-state index in [1.165, 1.54) is 0 Å². The second-order valence-corrected chi connectivity index (χ2v) is 6.46. The predicted octanol–water partition coefficient (Wildman–Crippen LogP) is 3.07. The highest BCUT2D eigenvalue weighted by Gasteiger charge is 2.35. The monoisotopic (exact) mass is 343 g/mol. The highest BCUT2D eigenvalue weighted by Crippen LogP contribution is 2.43. The summed E-state index contributed by atoms with van der Waals surface area (Å²) >= 11 is 0. The number of nitrogens with two attached hydrogens (primary N) is 1. The summed E-state index contributed by atoms with van der Waals surface area (Å²) in [5.74, 6) is -0.0672. The molecule has 0 bridgehead atoms. The van der Waals surface area contributed by atoms with E-state index in [-0.39, 0.29) is 17.0 Å². The lowest BCUT2D eigenvalue weighted by atomic mass is 9.83. The van der Waals surface area contributed by atoms with Gasteiger partial charge in [0.15, 0.2) is 0 Å². The number of aryl methyl sites for hydroxylation is 2. The van der Waals surface area contributed by atoms with Gasteiger partial charge in [0.25, 0.3) is 5.56 Å². The SMILES string of the molecule is Cc1ccc([C@H]2C(C#N)=C(N)Oc3c2c(=O)n(C)c2ccccc32)cc1. The molecule has 1 atom stereocenters. The minimum absolute atomic E-state index is 0.0454. The molecule has 0 aliphatic carbocycles. The summed E-state index contributed by atoms with van der Waals surface area (Å²) in [4.78, 5) is 13.2. The number of benzene rings is 2. The fourth-order valence-electron chi connectivity index (χ4n) is 3.52. The van der Waals surface area contributed by atoms with Crippen LogP contribution in [0.15, 0.2) is 64.8 Å². The number of fused-ring (bicyclic) bond motifs is 3. The maximum atomic E-state index is 13.2. The van der Waals surface area contributed by atoms with Crippen LogP contribution in [0.4, 0.5) is 0 Å². The Morgan fingerprint density at radius 2 is 1.85 bits per heavy atom. The maximum absolute atomic E-state index is 13.2. The van der Waals surface area contributed by atoms with E-state index in [1.807, 2.05) is 55.5 Å². The second kappa shape index (κ2) is 5.78. The zero-order chi connectivity index (χ0) is 18.4. The van der Waals surface area contributed by atoms with E-state index < -0.39 is 5.92 Å². The van der Waals surface area contributed by atoms with Crippen LogP contribution in [0.5, 0.6) is 5.75 Å². The summed E-state index contributed by atoms with van der Waals surface area (Å²) in [6.07, 6.45) is 0. The molecular weight excluding hydrogens is 326 g/mol. The molecule has 5 nitrogen and oxygen atoms in total. The second-order valence-electron chi connectivity index (χ2n) is 6.46. The van der Waals surface area contributed by atoms with E-state index in [1.54, 1.807) is 11.6 Å². The molecule has 0 fully saturated rings. The number of pyridine rings is 1. The Kier molecular flexibility index (Phi) is 3.55. The zero-order valence-corrected chi connectivity index (χ0v) is 14.5. The van der Waals surface area contributed by atoms with Gasteiger partial charge in [0.1, 0.15) is 17.4 Å². The van der Waals surface area contributed by atoms with Gasteiger partial charge in [-0.2, -0.15) is 5.26 Å². The molecule has 0 saturated carbocycles. The fourth-order valence-corrected chi connectivity index (χ4v) is 3.52. The quantitative estimate of drug-likeness (QED) is 0.736. The van der Waals surface area contributed by atoms with Crippen molar-refractivity contribution >= 4 is 10.9 Å². The molecule has 0 saturated heterocycles. The fraction of sp³-hybridized carbons (Fsp3) is 0.143. The molecule has 0 spiro atoms. The maximum Gasteiger partial charge on any atom is 0.258 e. The van der Waals surface area contributed by atoms with Gasteiger partial charge in [0.2, 0.25) is 5.88 Å². The van der Waals surface area contributed by atoms with Gasteiger partial charge in [-0.3, -0.25) is 4.79 Å². The number of para-hydroxylation sites is 1. The van der Waals surface area contributed by atoms with E-state index in [2.05, 4.69) is 6.07 Å². The number of nitriles is 1. The Morgan fingerprint density at radius 1 is 1.15 bits per heavy atom. The molecule has 2 N–H and O–H groups in total. The van der Waals surface area contributed by atoms with Gasteiger partial charge in [-0.15, -0.1) is 0 Å². The smallest absolute Gasteiger partial charge is 0.258 e. The third-order valence-electron chi connectivity index (χ3n) is 4.88. The van der Waals surface area contributed by atoms with Gasteiger partial charge >= 0.3 is 0 Å². The highest BCUT2D eigenvalue weighted by atomic mass is 16.5. The predicted molar refractivity (Wildman–Crippen MR) is 99.7 cm³/mol. The molecule has 5 heteroatoms. The van der Waals surface area contributed by atoms with E-state index in [0.29, 0.717) is 11.3 Å². The summed E-state index contributed by atoms with van der Waals surface area (Å²) in [6, 6.07) is 17.4. The van der Waals surface area contributed by atoms with Crippen molar-refractivity contribution in [1.29, 1.82) is 5.26 Å². The average Bonchev–Trinajstić information content (AvgIpc) is 2.66. The lowest BCUT2D eigenvalue weighted by Gasteiger charge is -2.27. The van der Waals surface area contributed by atoms with Crippen molar-refractivity contribution in [3.8, 4) is 11.8 Å². The van der Waals surface area contributed by atoms with Crippen molar-refractivity contribution in [2.24, 2.45) is 12.8 Å². The Hall–Kier alpha value is -3.52. The Bertz CT molecular complexity index is 1160. The van der Waals surface area contributed by atoms with Crippen molar-refractivity contribution in [3.63, 3.8) is 0 Å². The summed E-state index contributed by atoms with van der Waals surface area (Å²) in [6.45, 7) is 1.99. The molecule has 1 aliphatic heterocycles. The largest absolute Gasteiger partial charge is 0.439 e. The Balaban J connectivity index is 2.12. The number of nitrogens with zero attached hydrogens (tertiary/aromatic N) is 2. The van der Waals surface area contributed by atoms with Gasteiger partial charge < -0.3 is 15.0 Å². The minimum atomic E-state index is -0.548. The first-order valence-corrected chi connectivity index (χ1v) is 8.28. The van der Waals surface area contributed by atoms with Gasteiger partial charge in [-0.25, -0.2) is 0 Å². The topological polar surface area (TPSA) is 81.0 Å². The van der Waals surface area contributed by atoms with E-state index in [4.69, 9.17) is 10.5 Å². The number of aromatic nitrogens is 1. The molecule has 1 aliphatic rings. The van der Waals surface area contributed by atoms with Crippen molar-refractivity contribution in [1.82, 2.24) is 4.57 Å². The molecule has 2 heterocycles. The molecule has 4 rings (SSSR count). The van der Waals surface area contributed by atoms with Crippen molar-refractivity contribution < 1.29 is 4.74 Å². The molecule has 26 heavy (non-hydrogen) atoms. The summed E-state index contributed by atoms with van der Waals surface area (Å²) < 4.78 is 7.37. The summed E-state index contributed by atoms with van der Waals surface area (Å²) in [5, 5.41) is 10.5. The number of ether oxygens (including phenoxy) is 1. The van der Waals surface area contributed by atoms with Crippen molar-refractivity contribution in [3.05, 3.63) is 87.0 Å². The van der Waals surface area contributed by atoms with E-state index in [9.17, 15) is 10.1 Å². The first kappa shape index (κ1) is 16.0. The average molecular weight is 343 g/mol. The van der Waals surface area contributed by atoms with Crippen molar-refractivity contribution in [2.45, 2.75) is 12.8 Å². The van der Waals surface area contributed by atoms with Gasteiger partial charge in [0, 0.05) is 12.4 Å². The van der Waals surface area contributed by atoms with Gasteiger partial charge in [-0.1, -0.05) is 42.0 Å². The van der Waals surface area contributed by atoms with Crippen LogP contribution in [0.25, 0.3) is 10.9 Å². The summed E-state index contributed by atoms with van der Waals surface area (Å²) in [5.41, 5.74) is 9.28. The molecule has 0 unspecified atom stereocenters. The standard InChI is InChI=1S/C21H17N3O2/c1-12-7-9-13(10-8-12)17-15(11-22)20(23)26-19-14-5-3-4-6-16(14)24(2)21(25)18(17)19/h3-10,17H,23H2,1-2H3/t17-/m0/s1. The van der Waals surface area contributed by atoms with Crippen molar-refractivity contribution in [2.75, 3.05) is 0 Å². The molecule has 0 amide bonds. The van der Waals surface area contributed by atoms with Crippen LogP contribution >= 0.6 is 0 Å². The molecule has 3 aromatic rings. The van der Waals surface area contributed by atoms with E-state index >= 15 is 0 Å². The molecule has 1 aromatic heterocycles. The van der Waals surface area contributed by atoms with Gasteiger partial charge in [-0.05, 0) is 24.6 Å². The first-order chi connectivity index (χ1) is 12.5. The van der Waals surface area contributed by atoms with Crippen LogP contribution in [0, 0.1) is 18.3 Å². The number of allylic oxidation sites excluding steroid dienone is 1. The summed E-state index contributed by atoms with van der Waals surface area (Å²) in [7, 11) is 1.73. The Morgan fingerprint density at radius 3 is 2.54 bits per heavy atom. The lowest BCUT2D eigenvalue weighted by Crippen LogP contribution is -2.31. The zero-order valence-electron chi connectivity index (χ0n) is 14.5. The molecule has 2 aromatic carbocycles. The third-order valence-corrected chi connectivity index (χ3v) is 4.88. The minimum Gasteiger partial charge on any atom is -0.439 e. The third kappa shape index (κ3) is 2.20. The highest BCUT2D eigenvalue weighted by molar-refractivity contribution is 5.88. The van der Waals surface area contributed by atoms with Crippen LogP contribution in [-0.2, 0) is 7.05 Å². The van der Waals surface area contributed by atoms with Crippen LogP contribution < -0.4 is 16.0 Å². The normalized spacial score (nSPS) is 16.1. The molecular formula is C21H17N3O2. The van der Waals surface area contributed by atoms with Crippen LogP contribution in [0.3, 0.4) is 0 Å². The van der Waals surface area contributed by atoms with E-state index in [0.717, 1.165) is 22.0 Å². The molecule has 0 radical (unpaired) electrons. The molecule has 128 valence electrons. The van der Waals surface area contributed by atoms with Crippen LogP contribution in [-0.4, -0.2) is 4.57 Å². The van der Waals surface area contributed by atoms with Crippen LogP contribution in [0.2, 0.25) is 0 Å². The number of hydrogen-bond acceptors (Lipinski definition) is 4. The Labute approximate surface area is 150 Å². The van der Waals surface area contributed by atoms with Gasteiger partial charge in [0.05, 0.1) is 17.0 Å². The van der Waals surface area contributed by atoms with Crippen LogP contribution in [0.1, 0.15) is 22.6 Å². The lowest BCUT2D eigenvalue weighted by molar-refractivity contribution is 0.396.